The number of aromatic nitrogens is 2. The predicted octanol–water partition coefficient (Wildman–Crippen LogP) is 0.738. The molecule has 3 N–H and O–H groups in total. The number of halogens is 1. The van der Waals surface area contributed by atoms with Gasteiger partial charge in [0, 0.05) is 15.5 Å². The topological polar surface area (TPSA) is 54.6 Å². The first-order valence-electron chi connectivity index (χ1n) is 9.40. The van der Waals surface area contributed by atoms with Gasteiger partial charge in [-0.25, -0.2) is 4.98 Å². The molecule has 0 atom stereocenters. The van der Waals surface area contributed by atoms with Crippen LogP contribution in [-0.2, 0) is 13.1 Å². The third-order valence-electron chi connectivity index (χ3n) is 5.57. The molecule has 0 saturated carbocycles. The third-order valence-corrected chi connectivity index (χ3v) is 7.04. The molecule has 0 bridgehead atoms. The van der Waals surface area contributed by atoms with Gasteiger partial charge < -0.3 is 14.8 Å². The summed E-state index contributed by atoms with van der Waals surface area (Å²) in [6, 6.07) is 8.10. The highest BCUT2D eigenvalue weighted by Gasteiger charge is 2.24. The number of thiophene rings is 1. The minimum atomic E-state index is -0.000713. The molecule has 2 aromatic heterocycles. The smallest absolute Gasteiger partial charge is 0.260 e. The molecule has 0 spiro atoms. The van der Waals surface area contributed by atoms with E-state index >= 15 is 0 Å². The minimum absolute atomic E-state index is 0.000713. The monoisotopic (exact) mass is 404 g/mol. The molecule has 1 saturated heterocycles. The summed E-state index contributed by atoms with van der Waals surface area (Å²) in [7, 11) is 0. The van der Waals surface area contributed by atoms with Crippen molar-refractivity contribution in [1.29, 1.82) is 0 Å². The molecule has 3 aromatic rings. The quantitative estimate of drug-likeness (QED) is 0.600. The third kappa shape index (κ3) is 3.94. The molecule has 5 nitrogen and oxygen atoms in total. The highest BCUT2D eigenvalue weighted by molar-refractivity contribution is 7.18. The average Bonchev–Trinajstić information content (AvgIpc) is 2.93. The van der Waals surface area contributed by atoms with Gasteiger partial charge in [-0.1, -0.05) is 29.8 Å². The molecule has 0 aliphatic carbocycles. The Bertz CT molecular complexity index is 1020. The van der Waals surface area contributed by atoms with Crippen LogP contribution in [0.3, 0.4) is 0 Å². The zero-order valence-corrected chi connectivity index (χ0v) is 17.3. The van der Waals surface area contributed by atoms with Crippen LogP contribution >= 0.6 is 22.9 Å². The van der Waals surface area contributed by atoms with Crippen molar-refractivity contribution in [3.8, 4) is 0 Å². The lowest BCUT2D eigenvalue weighted by molar-refractivity contribution is -1.02. The van der Waals surface area contributed by atoms with Gasteiger partial charge in [-0.2, -0.15) is 0 Å². The van der Waals surface area contributed by atoms with Crippen molar-refractivity contribution in [1.82, 2.24) is 9.97 Å². The fourth-order valence-corrected chi connectivity index (χ4v) is 5.09. The van der Waals surface area contributed by atoms with Gasteiger partial charge in [-0.05, 0) is 25.5 Å². The highest BCUT2D eigenvalue weighted by Crippen LogP contribution is 2.25. The van der Waals surface area contributed by atoms with Gasteiger partial charge in [-0.15, -0.1) is 11.3 Å². The van der Waals surface area contributed by atoms with Crippen LogP contribution in [0.15, 0.2) is 29.1 Å². The molecular formula is C20H25ClN4OS+2. The summed E-state index contributed by atoms with van der Waals surface area (Å²) < 4.78 is 0. The lowest BCUT2D eigenvalue weighted by Gasteiger charge is -2.29. The first kappa shape index (κ1) is 18.6. The van der Waals surface area contributed by atoms with E-state index < -0.39 is 0 Å². The van der Waals surface area contributed by atoms with Gasteiger partial charge >= 0.3 is 0 Å². The average molecular weight is 405 g/mol. The van der Waals surface area contributed by atoms with E-state index in [2.05, 4.69) is 11.1 Å². The molecule has 4 rings (SSSR count). The van der Waals surface area contributed by atoms with Crippen LogP contribution in [0.5, 0.6) is 0 Å². The summed E-state index contributed by atoms with van der Waals surface area (Å²) in [4.78, 5) is 25.3. The van der Waals surface area contributed by atoms with Crippen molar-refractivity contribution in [3.63, 3.8) is 0 Å². The van der Waals surface area contributed by atoms with Crippen molar-refractivity contribution >= 4 is 33.2 Å². The fourth-order valence-electron chi connectivity index (χ4n) is 3.84. The van der Waals surface area contributed by atoms with E-state index in [4.69, 9.17) is 16.6 Å². The summed E-state index contributed by atoms with van der Waals surface area (Å²) in [6.45, 7) is 10.1. The van der Waals surface area contributed by atoms with Crippen molar-refractivity contribution in [2.24, 2.45) is 0 Å². The Balaban J connectivity index is 1.40. The number of aryl methyl sites for hydroxylation is 2. The second-order valence-corrected chi connectivity index (χ2v) is 9.03. The van der Waals surface area contributed by atoms with E-state index in [1.165, 1.54) is 15.3 Å². The Morgan fingerprint density at radius 2 is 1.78 bits per heavy atom. The predicted molar refractivity (Wildman–Crippen MR) is 110 cm³/mol. The standard InChI is InChI=1S/C20H23ClN4OS/c1-13-14(2)27-20-18(13)19(26)22-17(23-20)12-25-9-7-24(8-10-25)11-15-5-3-4-6-16(15)21/h3-6H,7-12H2,1-2H3,(H,22,23,26)/p+2. The van der Waals surface area contributed by atoms with Gasteiger partial charge in [-0.3, -0.25) is 4.79 Å². The number of rotatable bonds is 4. The van der Waals surface area contributed by atoms with Crippen molar-refractivity contribution in [2.45, 2.75) is 26.9 Å². The van der Waals surface area contributed by atoms with E-state index in [1.807, 2.05) is 32.0 Å². The van der Waals surface area contributed by atoms with Crippen molar-refractivity contribution in [3.05, 3.63) is 61.5 Å². The molecule has 1 fully saturated rings. The number of benzene rings is 1. The first-order valence-corrected chi connectivity index (χ1v) is 10.6. The van der Waals surface area contributed by atoms with E-state index in [-0.39, 0.29) is 5.56 Å². The Morgan fingerprint density at radius 1 is 1.11 bits per heavy atom. The Kier molecular flexibility index (Phi) is 5.32. The van der Waals surface area contributed by atoms with Gasteiger partial charge in [0.2, 0.25) is 0 Å². The molecule has 1 aliphatic heterocycles. The number of hydrogen-bond donors (Lipinski definition) is 3. The summed E-state index contributed by atoms with van der Waals surface area (Å²) in [6.07, 6.45) is 0. The van der Waals surface area contributed by atoms with Gasteiger partial charge in [0.15, 0.2) is 5.82 Å². The first-order chi connectivity index (χ1) is 13.0. The molecule has 27 heavy (non-hydrogen) atoms. The summed E-state index contributed by atoms with van der Waals surface area (Å²) in [5.41, 5.74) is 2.27. The van der Waals surface area contributed by atoms with Gasteiger partial charge in [0.1, 0.15) is 44.1 Å². The lowest BCUT2D eigenvalue weighted by Crippen LogP contribution is -3.27. The van der Waals surface area contributed by atoms with Crippen LogP contribution in [0.4, 0.5) is 0 Å². The Labute approximate surface area is 167 Å². The second kappa shape index (κ2) is 7.72. The maximum absolute atomic E-state index is 12.4. The normalized spacial score (nSPS) is 20.3. The number of aromatic amines is 1. The van der Waals surface area contributed by atoms with Crippen LogP contribution in [0.2, 0.25) is 5.02 Å². The number of hydrogen-bond acceptors (Lipinski definition) is 3. The summed E-state index contributed by atoms with van der Waals surface area (Å²) >= 11 is 7.91. The lowest BCUT2D eigenvalue weighted by atomic mass is 10.2. The minimum Gasteiger partial charge on any atom is -0.322 e. The van der Waals surface area contributed by atoms with Gasteiger partial charge in [0.05, 0.1) is 5.39 Å². The number of fused-ring (bicyclic) bond motifs is 1. The van der Waals surface area contributed by atoms with Crippen LogP contribution in [-0.4, -0.2) is 36.1 Å². The molecule has 0 radical (unpaired) electrons. The summed E-state index contributed by atoms with van der Waals surface area (Å²) in [5, 5.41) is 1.61. The summed E-state index contributed by atoms with van der Waals surface area (Å²) in [5.74, 6) is 0.804. The molecule has 7 heteroatoms. The van der Waals surface area contributed by atoms with E-state index in [9.17, 15) is 4.79 Å². The maximum Gasteiger partial charge on any atom is 0.260 e. The molecule has 0 amide bonds. The van der Waals surface area contributed by atoms with Crippen LogP contribution in [0, 0.1) is 13.8 Å². The zero-order valence-electron chi connectivity index (χ0n) is 15.7. The van der Waals surface area contributed by atoms with Crippen LogP contribution in [0.1, 0.15) is 21.8 Å². The molecule has 1 aromatic carbocycles. The van der Waals surface area contributed by atoms with E-state index in [0.717, 1.165) is 65.9 Å². The number of nitrogens with zero attached hydrogens (tertiary/aromatic N) is 1. The van der Waals surface area contributed by atoms with Crippen molar-refractivity contribution in [2.75, 3.05) is 26.2 Å². The maximum atomic E-state index is 12.4. The molecule has 1 aliphatic rings. The Hall–Kier alpha value is -1.73. The molecule has 142 valence electrons. The van der Waals surface area contributed by atoms with Crippen LogP contribution < -0.4 is 15.4 Å². The van der Waals surface area contributed by atoms with E-state index in [1.54, 1.807) is 16.2 Å². The SMILES string of the molecule is Cc1sc2nc(C[NH+]3CC[NH+](Cc4ccccc4Cl)CC3)[nH]c(=O)c2c1C. The number of quaternary nitrogens is 2. The Morgan fingerprint density at radius 3 is 2.48 bits per heavy atom. The highest BCUT2D eigenvalue weighted by atomic mass is 35.5. The number of nitrogens with one attached hydrogen (secondary N) is 3. The zero-order chi connectivity index (χ0) is 19.0. The van der Waals surface area contributed by atoms with Crippen molar-refractivity contribution < 1.29 is 9.80 Å². The van der Waals surface area contributed by atoms with E-state index in [0.29, 0.717) is 0 Å². The molecule has 0 unspecified atom stereocenters. The van der Waals surface area contributed by atoms with Gasteiger partial charge in [0.25, 0.3) is 5.56 Å². The largest absolute Gasteiger partial charge is 0.322 e. The van der Waals surface area contributed by atoms with Crippen LogP contribution in [0.25, 0.3) is 10.2 Å². The molecular weight excluding hydrogens is 380 g/mol. The number of H-pyrrole nitrogens is 1. The second-order valence-electron chi connectivity index (χ2n) is 7.42. The fraction of sp³-hybridized carbons (Fsp3) is 0.400. The molecule has 3 heterocycles. The number of piperazine rings is 1.